The molecule has 1 aromatic heterocycles. The third kappa shape index (κ3) is 11.3. The molecule has 1 aromatic rings. The summed E-state index contributed by atoms with van der Waals surface area (Å²) in [6.45, 7) is 12.9. The molecule has 132 valence electrons. The van der Waals surface area contributed by atoms with Gasteiger partial charge in [-0.25, -0.2) is 9.78 Å². The molecule has 7 heteroatoms. The van der Waals surface area contributed by atoms with Gasteiger partial charge in [0.1, 0.15) is 15.4 Å². The normalized spacial score (nSPS) is 14.0. The maximum absolute atomic E-state index is 11.5. The quantitative estimate of drug-likeness (QED) is 0.648. The van der Waals surface area contributed by atoms with E-state index in [1.807, 2.05) is 46.8 Å². The van der Waals surface area contributed by atoms with Crippen LogP contribution < -0.4 is 5.32 Å². The van der Waals surface area contributed by atoms with E-state index in [0.29, 0.717) is 5.15 Å². The van der Waals surface area contributed by atoms with Gasteiger partial charge in [-0.3, -0.25) is 0 Å². The third-order valence-corrected chi connectivity index (χ3v) is 3.10. The van der Waals surface area contributed by atoms with Gasteiger partial charge in [-0.15, -0.1) is 0 Å². The zero-order valence-electron chi connectivity index (χ0n) is 14.5. The molecule has 2 heterocycles. The summed E-state index contributed by atoms with van der Waals surface area (Å²) < 4.78 is 6.00. The van der Waals surface area contributed by atoms with Crippen LogP contribution >= 0.6 is 27.5 Å². The van der Waals surface area contributed by atoms with Gasteiger partial charge in [-0.2, -0.15) is 0 Å². The van der Waals surface area contributed by atoms with Crippen LogP contribution in [0.1, 0.15) is 34.6 Å². The van der Waals surface area contributed by atoms with E-state index >= 15 is 0 Å². The van der Waals surface area contributed by atoms with Crippen molar-refractivity contribution in [2.24, 2.45) is 0 Å². The summed E-state index contributed by atoms with van der Waals surface area (Å²) in [5.41, 5.74) is -0.387. The Balaban J connectivity index is 0.000000414. The first kappa shape index (κ1) is 22.1. The number of carbonyl (C=O) groups is 1. The fourth-order valence-electron chi connectivity index (χ4n) is 1.56. The first-order valence-electron chi connectivity index (χ1n) is 7.74. The van der Waals surface area contributed by atoms with E-state index in [1.165, 1.54) is 0 Å². The second-order valence-corrected chi connectivity index (χ2v) is 6.70. The lowest BCUT2D eigenvalue weighted by atomic mass is 10.2. The van der Waals surface area contributed by atoms with Gasteiger partial charge in [0.15, 0.2) is 0 Å². The fraction of sp³-hybridized carbons (Fsp3) is 0.625. The van der Waals surface area contributed by atoms with E-state index in [0.717, 1.165) is 30.8 Å². The molecular formula is C16H27BrClN3O2. The molecule has 0 saturated carbocycles. The number of halogens is 2. The topological polar surface area (TPSA) is 54.5 Å². The molecule has 0 atom stereocenters. The number of rotatable bonds is 0. The summed E-state index contributed by atoms with van der Waals surface area (Å²) in [5, 5.41) is 3.70. The van der Waals surface area contributed by atoms with Crippen molar-refractivity contribution < 1.29 is 9.53 Å². The summed E-state index contributed by atoms with van der Waals surface area (Å²) in [4.78, 5) is 17.1. The monoisotopic (exact) mass is 407 g/mol. The minimum Gasteiger partial charge on any atom is -0.444 e. The summed E-state index contributed by atoms with van der Waals surface area (Å²) >= 11 is 8.67. The Labute approximate surface area is 152 Å². The number of nitrogens with one attached hydrogen (secondary N) is 1. The summed E-state index contributed by atoms with van der Waals surface area (Å²) in [6, 6.07) is 5.39. The molecule has 1 saturated heterocycles. The van der Waals surface area contributed by atoms with Crippen molar-refractivity contribution in [3.8, 4) is 0 Å². The second kappa shape index (κ2) is 11.6. The van der Waals surface area contributed by atoms with Crippen molar-refractivity contribution >= 4 is 33.6 Å². The SMILES string of the molecule is CC.CC(C)(C)OC(=O)N1CCNCC1.Clc1cccc(Br)n1. The van der Waals surface area contributed by atoms with Gasteiger partial charge in [-0.05, 0) is 48.8 Å². The van der Waals surface area contributed by atoms with Crippen molar-refractivity contribution in [1.29, 1.82) is 0 Å². The predicted molar refractivity (Wildman–Crippen MR) is 99.0 cm³/mol. The number of pyridine rings is 1. The Bertz CT molecular complexity index is 444. The van der Waals surface area contributed by atoms with Crippen LogP contribution in [0.2, 0.25) is 5.15 Å². The molecule has 1 amide bonds. The van der Waals surface area contributed by atoms with Gasteiger partial charge in [-0.1, -0.05) is 31.5 Å². The van der Waals surface area contributed by atoms with Gasteiger partial charge in [0.05, 0.1) is 0 Å². The van der Waals surface area contributed by atoms with Crippen LogP contribution in [0.3, 0.4) is 0 Å². The molecule has 1 N–H and O–H groups in total. The fourth-order valence-corrected chi connectivity index (χ4v) is 2.17. The number of nitrogens with zero attached hydrogens (tertiary/aromatic N) is 2. The first-order valence-corrected chi connectivity index (χ1v) is 8.92. The zero-order chi connectivity index (χ0) is 17.9. The van der Waals surface area contributed by atoms with Crippen LogP contribution in [0, 0.1) is 0 Å². The standard InChI is InChI=1S/C9H18N2O2.C5H3BrClN.C2H6/c1-9(2,3)13-8(12)11-6-4-10-5-7-11;6-4-2-1-3-5(7)8-4;1-2/h10H,4-7H2,1-3H3;1-3H;1-2H3. The molecule has 5 nitrogen and oxygen atoms in total. The Morgan fingerprint density at radius 1 is 1.30 bits per heavy atom. The molecule has 0 radical (unpaired) electrons. The minimum atomic E-state index is -0.387. The number of hydrogen-bond donors (Lipinski definition) is 1. The Hall–Kier alpha value is -0.850. The number of aromatic nitrogens is 1. The van der Waals surface area contributed by atoms with Crippen molar-refractivity contribution in [1.82, 2.24) is 15.2 Å². The Morgan fingerprint density at radius 3 is 2.26 bits per heavy atom. The van der Waals surface area contributed by atoms with Gasteiger partial charge >= 0.3 is 6.09 Å². The molecule has 1 fully saturated rings. The van der Waals surface area contributed by atoms with Gasteiger partial charge in [0.25, 0.3) is 0 Å². The lowest BCUT2D eigenvalue weighted by molar-refractivity contribution is 0.0229. The Morgan fingerprint density at radius 2 is 1.87 bits per heavy atom. The third-order valence-electron chi connectivity index (χ3n) is 2.45. The van der Waals surface area contributed by atoms with E-state index in [4.69, 9.17) is 16.3 Å². The lowest BCUT2D eigenvalue weighted by Crippen LogP contribution is -2.48. The maximum atomic E-state index is 11.5. The number of amides is 1. The molecule has 0 spiro atoms. The van der Waals surface area contributed by atoms with E-state index in [1.54, 1.807) is 11.0 Å². The highest BCUT2D eigenvalue weighted by Gasteiger charge is 2.22. The number of hydrogen-bond acceptors (Lipinski definition) is 4. The summed E-state index contributed by atoms with van der Waals surface area (Å²) in [5.74, 6) is 0. The van der Waals surface area contributed by atoms with Crippen molar-refractivity contribution in [3.05, 3.63) is 28.0 Å². The zero-order valence-corrected chi connectivity index (χ0v) is 16.9. The lowest BCUT2D eigenvalue weighted by Gasteiger charge is -2.30. The minimum absolute atomic E-state index is 0.200. The highest BCUT2D eigenvalue weighted by molar-refractivity contribution is 9.10. The molecule has 23 heavy (non-hydrogen) atoms. The molecule has 0 bridgehead atoms. The smallest absolute Gasteiger partial charge is 0.410 e. The van der Waals surface area contributed by atoms with Crippen LogP contribution in [0.5, 0.6) is 0 Å². The van der Waals surface area contributed by atoms with E-state index in [2.05, 4.69) is 26.2 Å². The van der Waals surface area contributed by atoms with Crippen molar-refractivity contribution in [2.45, 2.75) is 40.2 Å². The van der Waals surface area contributed by atoms with Crippen molar-refractivity contribution in [2.75, 3.05) is 26.2 Å². The Kier molecular flexibility index (Phi) is 11.2. The highest BCUT2D eigenvalue weighted by Crippen LogP contribution is 2.10. The van der Waals surface area contributed by atoms with Crippen LogP contribution in [0.4, 0.5) is 4.79 Å². The summed E-state index contributed by atoms with van der Waals surface area (Å²) in [7, 11) is 0. The maximum Gasteiger partial charge on any atom is 0.410 e. The average Bonchev–Trinajstić information content (AvgIpc) is 2.49. The van der Waals surface area contributed by atoms with Gasteiger partial charge in [0.2, 0.25) is 0 Å². The molecule has 0 aromatic carbocycles. The first-order chi connectivity index (χ1) is 10.8. The number of ether oxygens (including phenoxy) is 1. The molecule has 0 unspecified atom stereocenters. The van der Waals surface area contributed by atoms with Gasteiger partial charge < -0.3 is 15.0 Å². The van der Waals surface area contributed by atoms with Crippen LogP contribution in [0.15, 0.2) is 22.8 Å². The molecule has 2 rings (SSSR count). The second-order valence-electron chi connectivity index (χ2n) is 5.50. The van der Waals surface area contributed by atoms with E-state index < -0.39 is 0 Å². The molecule has 1 aliphatic rings. The largest absolute Gasteiger partial charge is 0.444 e. The molecular weight excluding hydrogens is 382 g/mol. The van der Waals surface area contributed by atoms with E-state index in [-0.39, 0.29) is 11.7 Å². The number of carbonyl (C=O) groups excluding carboxylic acids is 1. The van der Waals surface area contributed by atoms with Crippen LogP contribution in [-0.2, 0) is 4.74 Å². The predicted octanol–water partition coefficient (Wildman–Crippen LogP) is 4.35. The summed E-state index contributed by atoms with van der Waals surface area (Å²) in [6.07, 6.45) is -0.200. The molecule has 0 aliphatic carbocycles. The molecule has 1 aliphatic heterocycles. The van der Waals surface area contributed by atoms with Gasteiger partial charge in [0, 0.05) is 26.2 Å². The number of piperazine rings is 1. The highest BCUT2D eigenvalue weighted by atomic mass is 79.9. The van der Waals surface area contributed by atoms with Crippen molar-refractivity contribution in [3.63, 3.8) is 0 Å². The van der Waals surface area contributed by atoms with E-state index in [9.17, 15) is 4.79 Å². The average molecular weight is 409 g/mol. The van der Waals surface area contributed by atoms with Crippen LogP contribution in [-0.4, -0.2) is 47.8 Å². The van der Waals surface area contributed by atoms with Crippen LogP contribution in [0.25, 0.3) is 0 Å².